The molecule has 4 aromatic rings. The summed E-state index contributed by atoms with van der Waals surface area (Å²) in [5, 5.41) is 11.9. The minimum Gasteiger partial charge on any atom is -0.478 e. The second-order valence-corrected chi connectivity index (χ2v) is 6.71. The van der Waals surface area contributed by atoms with Crippen molar-refractivity contribution < 1.29 is 14.7 Å². The smallest absolute Gasteiger partial charge is 0.335 e. The zero-order valence-electron chi connectivity index (χ0n) is 14.5. The van der Waals surface area contributed by atoms with Crippen LogP contribution in [0, 0.1) is 0 Å². The molecule has 1 atom stereocenters. The number of aromatic amines is 1. The highest BCUT2D eigenvalue weighted by atomic mass is 16.4. The van der Waals surface area contributed by atoms with Gasteiger partial charge >= 0.3 is 5.97 Å². The lowest BCUT2D eigenvalue weighted by Gasteiger charge is -2.25. The molecule has 0 saturated carbocycles. The summed E-state index contributed by atoms with van der Waals surface area (Å²) in [6, 6.07) is 13.7. The lowest BCUT2D eigenvalue weighted by atomic mass is 9.86. The number of nitrogens with one attached hydrogen (secondary N) is 2. The molecule has 0 radical (unpaired) electrons. The maximum absolute atomic E-state index is 12.9. The van der Waals surface area contributed by atoms with Gasteiger partial charge in [0.15, 0.2) is 0 Å². The summed E-state index contributed by atoms with van der Waals surface area (Å²) in [6.45, 7) is 0. The molecule has 2 aromatic carbocycles. The number of carboxylic acids is 1. The summed E-state index contributed by atoms with van der Waals surface area (Å²) in [7, 11) is 0. The van der Waals surface area contributed by atoms with Crippen LogP contribution < -0.4 is 10.9 Å². The predicted octanol–water partition coefficient (Wildman–Crippen LogP) is 2.35. The number of H-pyrrole nitrogens is 1. The molecule has 1 aliphatic heterocycles. The first-order chi connectivity index (χ1) is 13.5. The second-order valence-electron chi connectivity index (χ2n) is 6.71. The van der Waals surface area contributed by atoms with Crippen LogP contribution in [-0.2, 0) is 4.79 Å². The van der Waals surface area contributed by atoms with Crippen molar-refractivity contribution in [3.8, 4) is 0 Å². The van der Waals surface area contributed by atoms with Crippen molar-refractivity contribution in [3.05, 3.63) is 75.6 Å². The Morgan fingerprint density at radius 3 is 2.61 bits per heavy atom. The van der Waals surface area contributed by atoms with E-state index in [0.29, 0.717) is 28.2 Å². The highest BCUT2D eigenvalue weighted by molar-refractivity contribution is 5.96. The Balaban J connectivity index is 1.78. The largest absolute Gasteiger partial charge is 0.478 e. The third-order valence-corrected chi connectivity index (χ3v) is 5.07. The molecule has 3 N–H and O–H groups in total. The van der Waals surface area contributed by atoms with E-state index in [0.717, 1.165) is 5.52 Å². The van der Waals surface area contributed by atoms with Crippen molar-refractivity contribution >= 4 is 34.5 Å². The molecule has 0 spiro atoms. The fourth-order valence-electron chi connectivity index (χ4n) is 3.79. The molecule has 0 bridgehead atoms. The van der Waals surface area contributed by atoms with E-state index in [1.807, 2.05) is 24.3 Å². The van der Waals surface area contributed by atoms with E-state index in [2.05, 4.69) is 15.3 Å². The predicted molar refractivity (Wildman–Crippen MR) is 102 cm³/mol. The lowest BCUT2D eigenvalue weighted by molar-refractivity contribution is -0.116. The first kappa shape index (κ1) is 16.2. The number of amides is 1. The van der Waals surface area contributed by atoms with Gasteiger partial charge in [-0.25, -0.2) is 9.78 Å². The number of aromatic carboxylic acids is 1. The zero-order chi connectivity index (χ0) is 19.4. The van der Waals surface area contributed by atoms with Crippen LogP contribution in [0.5, 0.6) is 0 Å². The summed E-state index contributed by atoms with van der Waals surface area (Å²) in [6.07, 6.45) is 0.0979. The Kier molecular flexibility index (Phi) is 3.35. The van der Waals surface area contributed by atoms with Crippen LogP contribution in [0.2, 0.25) is 0 Å². The molecule has 8 nitrogen and oxygen atoms in total. The van der Waals surface area contributed by atoms with Crippen LogP contribution in [0.1, 0.15) is 33.8 Å². The van der Waals surface area contributed by atoms with E-state index < -0.39 is 11.9 Å². The maximum Gasteiger partial charge on any atom is 0.335 e. The van der Waals surface area contributed by atoms with Crippen LogP contribution in [-0.4, -0.2) is 31.4 Å². The maximum atomic E-state index is 12.9. The van der Waals surface area contributed by atoms with Crippen LogP contribution in [0.3, 0.4) is 0 Å². The van der Waals surface area contributed by atoms with Crippen LogP contribution in [0.25, 0.3) is 16.8 Å². The van der Waals surface area contributed by atoms with Gasteiger partial charge in [-0.1, -0.05) is 24.3 Å². The van der Waals surface area contributed by atoms with Gasteiger partial charge in [-0.05, 0) is 29.8 Å². The van der Waals surface area contributed by atoms with E-state index in [1.54, 1.807) is 16.5 Å². The summed E-state index contributed by atoms with van der Waals surface area (Å²) in [5.74, 6) is -0.980. The minimum absolute atomic E-state index is 0.0979. The van der Waals surface area contributed by atoms with Crippen molar-refractivity contribution in [1.29, 1.82) is 0 Å². The summed E-state index contributed by atoms with van der Waals surface area (Å²) in [5.41, 5.74) is 2.42. The molecule has 28 heavy (non-hydrogen) atoms. The highest BCUT2D eigenvalue weighted by Crippen LogP contribution is 2.36. The summed E-state index contributed by atoms with van der Waals surface area (Å²) >= 11 is 0. The van der Waals surface area contributed by atoms with Gasteiger partial charge in [0.05, 0.1) is 22.2 Å². The number of benzene rings is 2. The van der Waals surface area contributed by atoms with E-state index in [-0.39, 0.29) is 23.5 Å². The van der Waals surface area contributed by atoms with Crippen molar-refractivity contribution in [2.24, 2.45) is 0 Å². The lowest BCUT2D eigenvalue weighted by Crippen LogP contribution is -2.32. The molecule has 0 aliphatic carbocycles. The van der Waals surface area contributed by atoms with Crippen molar-refractivity contribution in [3.63, 3.8) is 0 Å². The Morgan fingerprint density at radius 1 is 1.11 bits per heavy atom. The fourth-order valence-corrected chi connectivity index (χ4v) is 3.79. The monoisotopic (exact) mass is 374 g/mol. The number of carbonyl (C=O) groups is 2. The number of carbonyl (C=O) groups excluding carboxylic acids is 1. The number of fused-ring (bicyclic) bond motifs is 5. The van der Waals surface area contributed by atoms with Crippen molar-refractivity contribution in [1.82, 2.24) is 14.4 Å². The second kappa shape index (κ2) is 5.78. The SMILES string of the molecule is O=C1C[C@@H](c2ccc(C(=O)O)cc2)c2c(n3c(nc4ccccc43)[nH]c2=O)N1. The fraction of sp³-hybridized carbons (Fsp3) is 0.100. The number of carboxylic acid groups (broad SMARTS) is 1. The van der Waals surface area contributed by atoms with Crippen LogP contribution >= 0.6 is 0 Å². The topological polar surface area (TPSA) is 117 Å². The normalized spacial score (nSPS) is 16.1. The Morgan fingerprint density at radius 2 is 1.86 bits per heavy atom. The standard InChI is InChI=1S/C20H14N4O4/c25-15-9-12(10-5-7-11(8-6-10)19(27)28)16-17(22-15)24-14-4-2-1-3-13(14)21-20(24)23-18(16)26/h1-8,12H,9H2,(H,22,25)(H,27,28)(H,21,23,26)/t12-/m0/s1. The molecule has 0 fully saturated rings. The molecule has 1 amide bonds. The highest BCUT2D eigenvalue weighted by Gasteiger charge is 2.32. The van der Waals surface area contributed by atoms with Gasteiger partial charge in [0, 0.05) is 12.3 Å². The molecule has 8 heteroatoms. The molecule has 1 aliphatic rings. The average Bonchev–Trinajstić information content (AvgIpc) is 3.05. The molecular formula is C20H14N4O4. The van der Waals surface area contributed by atoms with Gasteiger partial charge in [0.25, 0.3) is 5.56 Å². The number of hydrogen-bond donors (Lipinski definition) is 3. The van der Waals surface area contributed by atoms with Gasteiger partial charge in [-0.15, -0.1) is 0 Å². The zero-order valence-corrected chi connectivity index (χ0v) is 14.5. The molecular weight excluding hydrogens is 360 g/mol. The Labute approximate surface area is 157 Å². The van der Waals surface area contributed by atoms with Crippen molar-refractivity contribution in [2.45, 2.75) is 12.3 Å². The van der Waals surface area contributed by atoms with E-state index >= 15 is 0 Å². The number of para-hydroxylation sites is 2. The molecule has 3 heterocycles. The van der Waals surface area contributed by atoms with E-state index in [1.165, 1.54) is 12.1 Å². The van der Waals surface area contributed by atoms with Gasteiger partial charge < -0.3 is 10.4 Å². The molecule has 138 valence electrons. The first-order valence-corrected chi connectivity index (χ1v) is 8.69. The average molecular weight is 374 g/mol. The molecule has 5 rings (SSSR count). The van der Waals surface area contributed by atoms with Gasteiger partial charge in [-0.3, -0.25) is 19.0 Å². The van der Waals surface area contributed by atoms with Gasteiger partial charge in [0.2, 0.25) is 11.7 Å². The van der Waals surface area contributed by atoms with Gasteiger partial charge in [-0.2, -0.15) is 0 Å². The number of hydrogen-bond acceptors (Lipinski definition) is 4. The quantitative estimate of drug-likeness (QED) is 0.498. The minimum atomic E-state index is -1.03. The number of anilines is 1. The third kappa shape index (κ3) is 2.31. The van der Waals surface area contributed by atoms with E-state index in [9.17, 15) is 14.4 Å². The first-order valence-electron chi connectivity index (χ1n) is 8.69. The van der Waals surface area contributed by atoms with Gasteiger partial charge in [0.1, 0.15) is 5.82 Å². The molecule has 0 unspecified atom stereocenters. The van der Waals surface area contributed by atoms with E-state index in [4.69, 9.17) is 5.11 Å². The Bertz CT molecular complexity index is 1330. The number of imidazole rings is 1. The van der Waals surface area contributed by atoms with Crippen LogP contribution in [0.15, 0.2) is 53.3 Å². The third-order valence-electron chi connectivity index (χ3n) is 5.07. The molecule has 2 aromatic heterocycles. The number of rotatable bonds is 2. The van der Waals surface area contributed by atoms with Crippen molar-refractivity contribution in [2.75, 3.05) is 5.32 Å². The summed E-state index contributed by atoms with van der Waals surface area (Å²) in [4.78, 5) is 43.6. The summed E-state index contributed by atoms with van der Waals surface area (Å²) < 4.78 is 1.74. The van der Waals surface area contributed by atoms with Crippen LogP contribution in [0.4, 0.5) is 5.82 Å². The Hall–Kier alpha value is -3.94. The molecule has 0 saturated heterocycles. The number of nitrogens with zero attached hydrogens (tertiary/aromatic N) is 2. The number of aromatic nitrogens is 3.